The standard InChI is InChI=1S/C19H27NO5/c1-23-16-11-8-13-12-14(9-10-15(13)19(16)25-3)20-17(21)6-4-5-7-18(22)24-2/h8,11,14H,4-7,9-10,12H2,1-3H3,(H,20,21)/t14-/m0/s1. The molecule has 2 rings (SSSR count). The van der Waals surface area contributed by atoms with Crippen molar-refractivity contribution in [1.82, 2.24) is 5.32 Å². The fourth-order valence-corrected chi connectivity index (χ4v) is 3.26. The van der Waals surface area contributed by atoms with Crippen molar-refractivity contribution in [2.75, 3.05) is 21.3 Å². The molecule has 0 unspecified atom stereocenters. The molecule has 138 valence electrons. The normalized spacial score (nSPS) is 15.9. The SMILES string of the molecule is COC(=O)CCCCC(=O)N[C@H]1CCc2c(ccc(OC)c2OC)C1. The summed E-state index contributed by atoms with van der Waals surface area (Å²) in [6.45, 7) is 0. The van der Waals surface area contributed by atoms with Gasteiger partial charge in [-0.15, -0.1) is 0 Å². The first-order valence-electron chi connectivity index (χ1n) is 8.68. The highest BCUT2D eigenvalue weighted by Gasteiger charge is 2.24. The van der Waals surface area contributed by atoms with Crippen molar-refractivity contribution in [3.8, 4) is 11.5 Å². The van der Waals surface area contributed by atoms with Crippen LogP contribution in [0.1, 0.15) is 43.2 Å². The zero-order chi connectivity index (χ0) is 18.2. The number of esters is 1. The van der Waals surface area contributed by atoms with E-state index in [9.17, 15) is 9.59 Å². The predicted molar refractivity (Wildman–Crippen MR) is 94.0 cm³/mol. The Morgan fingerprint density at radius 3 is 2.56 bits per heavy atom. The highest BCUT2D eigenvalue weighted by molar-refractivity contribution is 5.76. The van der Waals surface area contributed by atoms with Crippen molar-refractivity contribution in [2.24, 2.45) is 0 Å². The van der Waals surface area contributed by atoms with Crippen LogP contribution < -0.4 is 14.8 Å². The van der Waals surface area contributed by atoms with E-state index in [4.69, 9.17) is 9.47 Å². The summed E-state index contributed by atoms with van der Waals surface area (Å²) in [5.74, 6) is 1.36. The van der Waals surface area contributed by atoms with E-state index in [0.717, 1.165) is 30.8 Å². The van der Waals surface area contributed by atoms with Gasteiger partial charge in [0, 0.05) is 24.4 Å². The van der Waals surface area contributed by atoms with Gasteiger partial charge in [-0.3, -0.25) is 9.59 Å². The fourth-order valence-electron chi connectivity index (χ4n) is 3.26. The quantitative estimate of drug-likeness (QED) is 0.576. The number of hydrogen-bond donors (Lipinski definition) is 1. The van der Waals surface area contributed by atoms with E-state index in [0.29, 0.717) is 25.7 Å². The van der Waals surface area contributed by atoms with Gasteiger partial charge in [0.15, 0.2) is 11.5 Å². The molecular formula is C19H27NO5. The summed E-state index contributed by atoms with van der Waals surface area (Å²) in [6, 6.07) is 4.10. The number of methoxy groups -OCH3 is 3. The smallest absolute Gasteiger partial charge is 0.305 e. The maximum atomic E-state index is 12.1. The second-order valence-electron chi connectivity index (χ2n) is 6.23. The zero-order valence-corrected chi connectivity index (χ0v) is 15.2. The molecular weight excluding hydrogens is 322 g/mol. The van der Waals surface area contributed by atoms with Crippen LogP contribution in [0.5, 0.6) is 11.5 Å². The molecule has 0 saturated heterocycles. The van der Waals surface area contributed by atoms with Gasteiger partial charge < -0.3 is 19.5 Å². The molecule has 1 atom stereocenters. The summed E-state index contributed by atoms with van der Waals surface area (Å²) in [6.07, 6.45) is 4.69. The minimum atomic E-state index is -0.228. The molecule has 0 radical (unpaired) electrons. The molecule has 1 amide bonds. The Bertz CT molecular complexity index is 614. The van der Waals surface area contributed by atoms with Gasteiger partial charge >= 0.3 is 5.97 Å². The molecule has 6 heteroatoms. The molecule has 1 N–H and O–H groups in total. The lowest BCUT2D eigenvalue weighted by atomic mass is 9.87. The molecule has 0 spiro atoms. The second kappa shape index (κ2) is 9.30. The molecule has 1 aliphatic carbocycles. The first kappa shape index (κ1) is 19.1. The summed E-state index contributed by atoms with van der Waals surface area (Å²) in [5.41, 5.74) is 2.37. The zero-order valence-electron chi connectivity index (χ0n) is 15.2. The molecule has 6 nitrogen and oxygen atoms in total. The van der Waals surface area contributed by atoms with Gasteiger partial charge in [0.25, 0.3) is 0 Å². The number of hydrogen-bond acceptors (Lipinski definition) is 5. The first-order chi connectivity index (χ1) is 12.1. The second-order valence-corrected chi connectivity index (χ2v) is 6.23. The Balaban J connectivity index is 1.84. The average molecular weight is 349 g/mol. The van der Waals surface area contributed by atoms with Crippen molar-refractivity contribution in [3.05, 3.63) is 23.3 Å². The molecule has 1 aromatic rings. The summed E-state index contributed by atoms with van der Waals surface area (Å²) in [7, 11) is 4.66. The van der Waals surface area contributed by atoms with Crippen molar-refractivity contribution in [2.45, 2.75) is 51.0 Å². The van der Waals surface area contributed by atoms with Crippen LogP contribution >= 0.6 is 0 Å². The number of ether oxygens (including phenoxy) is 3. The molecule has 0 aliphatic heterocycles. The molecule has 0 heterocycles. The van der Waals surface area contributed by atoms with Crippen molar-refractivity contribution in [3.63, 3.8) is 0 Å². The van der Waals surface area contributed by atoms with Crippen LogP contribution in [0.25, 0.3) is 0 Å². The molecule has 0 bridgehead atoms. The van der Waals surface area contributed by atoms with E-state index < -0.39 is 0 Å². The van der Waals surface area contributed by atoms with E-state index in [1.807, 2.05) is 12.1 Å². The summed E-state index contributed by atoms with van der Waals surface area (Å²) >= 11 is 0. The minimum absolute atomic E-state index is 0.0405. The predicted octanol–water partition coefficient (Wildman–Crippen LogP) is 2.41. The lowest BCUT2D eigenvalue weighted by molar-refractivity contribution is -0.140. The number of nitrogens with one attached hydrogen (secondary N) is 1. The van der Waals surface area contributed by atoms with E-state index in [-0.39, 0.29) is 17.9 Å². The summed E-state index contributed by atoms with van der Waals surface area (Å²) < 4.78 is 15.4. The third kappa shape index (κ3) is 5.11. The number of unbranched alkanes of at least 4 members (excludes halogenated alkanes) is 1. The van der Waals surface area contributed by atoms with Gasteiger partial charge in [-0.25, -0.2) is 0 Å². The van der Waals surface area contributed by atoms with Crippen molar-refractivity contribution in [1.29, 1.82) is 0 Å². The minimum Gasteiger partial charge on any atom is -0.493 e. The Labute approximate surface area is 148 Å². The Morgan fingerprint density at radius 2 is 1.88 bits per heavy atom. The van der Waals surface area contributed by atoms with E-state index in [2.05, 4.69) is 10.1 Å². The van der Waals surface area contributed by atoms with Gasteiger partial charge in [0.2, 0.25) is 5.91 Å². The largest absolute Gasteiger partial charge is 0.493 e. The lowest BCUT2D eigenvalue weighted by Gasteiger charge is -2.27. The van der Waals surface area contributed by atoms with Crippen LogP contribution in [-0.4, -0.2) is 39.2 Å². The molecule has 25 heavy (non-hydrogen) atoms. The van der Waals surface area contributed by atoms with E-state index in [1.54, 1.807) is 14.2 Å². The first-order valence-corrected chi connectivity index (χ1v) is 8.68. The highest BCUT2D eigenvalue weighted by atomic mass is 16.5. The van der Waals surface area contributed by atoms with Crippen LogP contribution in [0.15, 0.2) is 12.1 Å². The van der Waals surface area contributed by atoms with Gasteiger partial charge in [-0.05, 0) is 43.7 Å². The summed E-state index contributed by atoms with van der Waals surface area (Å²) in [5, 5.41) is 3.10. The molecule has 0 aromatic heterocycles. The third-order valence-corrected chi connectivity index (χ3v) is 4.58. The van der Waals surface area contributed by atoms with Crippen LogP contribution in [0.2, 0.25) is 0 Å². The maximum absolute atomic E-state index is 12.1. The third-order valence-electron chi connectivity index (χ3n) is 4.58. The Kier molecular flexibility index (Phi) is 7.10. The number of carbonyl (C=O) groups excluding carboxylic acids is 2. The van der Waals surface area contributed by atoms with Crippen molar-refractivity contribution < 1.29 is 23.8 Å². The van der Waals surface area contributed by atoms with Gasteiger partial charge in [0.05, 0.1) is 21.3 Å². The number of amides is 1. The molecule has 0 fully saturated rings. The highest BCUT2D eigenvalue weighted by Crippen LogP contribution is 2.37. The topological polar surface area (TPSA) is 73.9 Å². The molecule has 1 aliphatic rings. The van der Waals surface area contributed by atoms with Gasteiger partial charge in [-0.2, -0.15) is 0 Å². The van der Waals surface area contributed by atoms with E-state index in [1.165, 1.54) is 18.2 Å². The Hall–Kier alpha value is -2.24. The van der Waals surface area contributed by atoms with E-state index >= 15 is 0 Å². The summed E-state index contributed by atoms with van der Waals surface area (Å²) in [4.78, 5) is 23.1. The van der Waals surface area contributed by atoms with Crippen LogP contribution in [0.3, 0.4) is 0 Å². The van der Waals surface area contributed by atoms with Crippen LogP contribution in [0, 0.1) is 0 Å². The average Bonchev–Trinajstić information content (AvgIpc) is 2.63. The Morgan fingerprint density at radius 1 is 1.12 bits per heavy atom. The number of carbonyl (C=O) groups is 2. The van der Waals surface area contributed by atoms with Gasteiger partial charge in [-0.1, -0.05) is 6.07 Å². The number of rotatable bonds is 8. The molecule has 0 saturated carbocycles. The number of fused-ring (bicyclic) bond motifs is 1. The van der Waals surface area contributed by atoms with Crippen LogP contribution in [-0.2, 0) is 27.2 Å². The molecule has 1 aromatic carbocycles. The fraction of sp³-hybridized carbons (Fsp3) is 0.579. The lowest BCUT2D eigenvalue weighted by Crippen LogP contribution is -2.38. The van der Waals surface area contributed by atoms with Crippen molar-refractivity contribution >= 4 is 11.9 Å². The monoisotopic (exact) mass is 349 g/mol. The maximum Gasteiger partial charge on any atom is 0.305 e. The van der Waals surface area contributed by atoms with Gasteiger partial charge in [0.1, 0.15) is 0 Å². The number of benzene rings is 1. The van der Waals surface area contributed by atoms with Crippen LogP contribution in [0.4, 0.5) is 0 Å².